The zero-order chi connectivity index (χ0) is 13.4. The van der Waals surface area contributed by atoms with Crippen molar-refractivity contribution in [1.29, 1.82) is 0 Å². The molecule has 0 amide bonds. The molecule has 0 heterocycles. The van der Waals surface area contributed by atoms with E-state index in [2.05, 4.69) is 0 Å². The molecular formula is C9H7F6NO. The van der Waals surface area contributed by atoms with Crippen molar-refractivity contribution in [2.45, 2.75) is 18.4 Å². The Morgan fingerprint density at radius 1 is 1.06 bits per heavy atom. The number of alkyl halides is 6. The first-order chi connectivity index (χ1) is 7.53. The van der Waals surface area contributed by atoms with Gasteiger partial charge in [-0.15, -0.1) is 0 Å². The van der Waals surface area contributed by atoms with Crippen molar-refractivity contribution < 1.29 is 31.4 Å². The Morgan fingerprint density at radius 3 is 2.00 bits per heavy atom. The van der Waals surface area contributed by atoms with Gasteiger partial charge >= 0.3 is 12.4 Å². The first-order valence-electron chi connectivity index (χ1n) is 4.26. The van der Waals surface area contributed by atoms with Gasteiger partial charge < -0.3 is 10.8 Å². The van der Waals surface area contributed by atoms with E-state index < -0.39 is 35.3 Å². The van der Waals surface area contributed by atoms with Crippen LogP contribution in [0.4, 0.5) is 26.3 Å². The van der Waals surface area contributed by atoms with Crippen LogP contribution in [-0.2, 0) is 6.18 Å². The topological polar surface area (TPSA) is 46.2 Å². The van der Waals surface area contributed by atoms with Crippen LogP contribution >= 0.6 is 0 Å². The van der Waals surface area contributed by atoms with Crippen molar-refractivity contribution in [1.82, 2.24) is 0 Å². The Morgan fingerprint density at radius 2 is 1.59 bits per heavy atom. The number of aromatic hydroxyl groups is 1. The number of halogens is 6. The van der Waals surface area contributed by atoms with Crippen molar-refractivity contribution in [2.75, 3.05) is 0 Å². The second kappa shape index (κ2) is 4.10. The molecule has 0 aliphatic heterocycles. The van der Waals surface area contributed by atoms with Crippen LogP contribution in [-0.4, -0.2) is 11.3 Å². The Bertz CT molecular complexity index is 411. The van der Waals surface area contributed by atoms with Crippen LogP contribution in [0.25, 0.3) is 0 Å². The van der Waals surface area contributed by atoms with Gasteiger partial charge in [0.1, 0.15) is 11.8 Å². The standard InChI is InChI=1S/C9H7F6NO/c10-8(11,12)5-3-4(1-2-6(5)17)7(16)9(13,14)15/h1-3,7,17H,16H2/t7-/m0/s1. The van der Waals surface area contributed by atoms with Crippen molar-refractivity contribution in [2.24, 2.45) is 5.73 Å². The summed E-state index contributed by atoms with van der Waals surface area (Å²) in [6.07, 6.45) is -9.79. The van der Waals surface area contributed by atoms with E-state index >= 15 is 0 Å². The lowest BCUT2D eigenvalue weighted by Gasteiger charge is -2.18. The van der Waals surface area contributed by atoms with Crippen molar-refractivity contribution >= 4 is 0 Å². The minimum atomic E-state index is -4.94. The fourth-order valence-corrected chi connectivity index (χ4v) is 1.16. The highest BCUT2D eigenvalue weighted by Crippen LogP contribution is 2.39. The van der Waals surface area contributed by atoms with Crippen LogP contribution in [0, 0.1) is 0 Å². The highest BCUT2D eigenvalue weighted by Gasteiger charge is 2.40. The van der Waals surface area contributed by atoms with Crippen LogP contribution in [0.2, 0.25) is 0 Å². The maximum atomic E-state index is 12.3. The molecule has 0 fully saturated rings. The molecule has 0 aliphatic rings. The van der Waals surface area contributed by atoms with Crippen LogP contribution in [0.15, 0.2) is 18.2 Å². The SMILES string of the molecule is N[C@@H](c1ccc(O)c(C(F)(F)F)c1)C(F)(F)F. The van der Waals surface area contributed by atoms with E-state index in [-0.39, 0.29) is 6.07 Å². The highest BCUT2D eigenvalue weighted by atomic mass is 19.4. The molecule has 96 valence electrons. The van der Waals surface area contributed by atoms with Crippen LogP contribution in [0.1, 0.15) is 17.2 Å². The molecule has 0 aliphatic carbocycles. The van der Waals surface area contributed by atoms with Gasteiger partial charge in [-0.25, -0.2) is 0 Å². The van der Waals surface area contributed by atoms with E-state index in [4.69, 9.17) is 10.8 Å². The molecule has 3 N–H and O–H groups in total. The van der Waals surface area contributed by atoms with E-state index in [9.17, 15) is 26.3 Å². The first kappa shape index (κ1) is 13.6. The number of benzene rings is 1. The zero-order valence-electron chi connectivity index (χ0n) is 8.10. The second-order valence-corrected chi connectivity index (χ2v) is 3.29. The summed E-state index contributed by atoms with van der Waals surface area (Å²) in [5, 5.41) is 8.91. The lowest BCUT2D eigenvalue weighted by molar-refractivity contribution is -0.150. The third-order valence-corrected chi connectivity index (χ3v) is 2.04. The average Bonchev–Trinajstić information content (AvgIpc) is 2.14. The third kappa shape index (κ3) is 3.02. The minimum absolute atomic E-state index is 0.188. The summed E-state index contributed by atoms with van der Waals surface area (Å²) in [5.74, 6) is -1.14. The molecule has 1 aromatic rings. The first-order valence-corrected chi connectivity index (χ1v) is 4.26. The van der Waals surface area contributed by atoms with E-state index in [1.54, 1.807) is 0 Å². The van der Waals surface area contributed by atoms with Gasteiger partial charge in [0.25, 0.3) is 0 Å². The summed E-state index contributed by atoms with van der Waals surface area (Å²) < 4.78 is 73.5. The number of phenols is 1. The molecule has 17 heavy (non-hydrogen) atoms. The molecule has 2 nitrogen and oxygen atoms in total. The number of hydrogen-bond donors (Lipinski definition) is 2. The van der Waals surface area contributed by atoms with Gasteiger partial charge in [-0.05, 0) is 17.7 Å². The fourth-order valence-electron chi connectivity index (χ4n) is 1.16. The van der Waals surface area contributed by atoms with Crippen molar-refractivity contribution in [3.63, 3.8) is 0 Å². The number of phenolic OH excluding ortho intramolecular Hbond substituents is 1. The smallest absolute Gasteiger partial charge is 0.419 e. The lowest BCUT2D eigenvalue weighted by atomic mass is 10.0. The summed E-state index contributed by atoms with van der Waals surface area (Å²) in [6.45, 7) is 0. The second-order valence-electron chi connectivity index (χ2n) is 3.29. The maximum Gasteiger partial charge on any atom is 0.419 e. The van der Waals surface area contributed by atoms with Gasteiger partial charge in [0, 0.05) is 0 Å². The van der Waals surface area contributed by atoms with Gasteiger partial charge in [0.2, 0.25) is 0 Å². The monoisotopic (exact) mass is 259 g/mol. The average molecular weight is 259 g/mol. The molecule has 1 atom stereocenters. The van der Waals surface area contributed by atoms with Gasteiger partial charge in [-0.2, -0.15) is 26.3 Å². The molecule has 0 saturated carbocycles. The molecule has 8 heteroatoms. The molecule has 1 aromatic carbocycles. The van der Waals surface area contributed by atoms with Gasteiger partial charge in [0.05, 0.1) is 5.56 Å². The zero-order valence-corrected chi connectivity index (χ0v) is 8.10. The third-order valence-electron chi connectivity index (χ3n) is 2.04. The quantitative estimate of drug-likeness (QED) is 0.761. The summed E-state index contributed by atoms with van der Waals surface area (Å²) in [5.41, 5.74) is 2.45. The highest BCUT2D eigenvalue weighted by molar-refractivity contribution is 5.39. The summed E-state index contributed by atoms with van der Waals surface area (Å²) in [4.78, 5) is 0. The molecule has 0 unspecified atom stereocenters. The normalized spacial score (nSPS) is 14.8. The van der Waals surface area contributed by atoms with Crippen LogP contribution in [0.5, 0.6) is 5.75 Å². The maximum absolute atomic E-state index is 12.3. The van der Waals surface area contributed by atoms with Gasteiger partial charge in [-0.3, -0.25) is 0 Å². The summed E-state index contributed by atoms with van der Waals surface area (Å²) in [7, 11) is 0. The molecule has 0 spiro atoms. The molecule has 1 rings (SSSR count). The molecule has 0 bridgehead atoms. The Balaban J connectivity index is 3.23. The molecule has 0 aromatic heterocycles. The van der Waals surface area contributed by atoms with Gasteiger partial charge in [-0.1, -0.05) is 6.07 Å². The fraction of sp³-hybridized carbons (Fsp3) is 0.333. The molecule has 0 saturated heterocycles. The van der Waals surface area contributed by atoms with E-state index in [0.717, 1.165) is 0 Å². The Hall–Kier alpha value is -1.44. The molecular weight excluding hydrogens is 252 g/mol. The number of nitrogens with two attached hydrogens (primary N) is 1. The predicted octanol–water partition coefficient (Wildman–Crippen LogP) is 2.97. The van der Waals surface area contributed by atoms with E-state index in [1.807, 2.05) is 0 Å². The van der Waals surface area contributed by atoms with Crippen LogP contribution < -0.4 is 5.73 Å². The van der Waals surface area contributed by atoms with Crippen molar-refractivity contribution in [3.05, 3.63) is 29.3 Å². The van der Waals surface area contributed by atoms with Crippen LogP contribution in [0.3, 0.4) is 0 Å². The molecule has 0 radical (unpaired) electrons. The summed E-state index contributed by atoms with van der Waals surface area (Å²) in [6, 6.07) is -1.11. The van der Waals surface area contributed by atoms with E-state index in [0.29, 0.717) is 12.1 Å². The minimum Gasteiger partial charge on any atom is -0.507 e. The number of rotatable bonds is 1. The Labute approximate surface area is 91.7 Å². The Kier molecular flexibility index (Phi) is 3.28. The van der Waals surface area contributed by atoms with E-state index in [1.165, 1.54) is 0 Å². The predicted molar refractivity (Wildman–Crippen MR) is 46.1 cm³/mol. The summed E-state index contributed by atoms with van der Waals surface area (Å²) >= 11 is 0. The number of hydrogen-bond acceptors (Lipinski definition) is 2. The lowest BCUT2D eigenvalue weighted by Crippen LogP contribution is -2.28. The largest absolute Gasteiger partial charge is 0.507 e. The van der Waals surface area contributed by atoms with Gasteiger partial charge in [0.15, 0.2) is 0 Å². The van der Waals surface area contributed by atoms with Crippen molar-refractivity contribution in [3.8, 4) is 5.75 Å².